The Labute approximate surface area is 151 Å². The van der Waals surface area contributed by atoms with E-state index in [1.807, 2.05) is 0 Å². The van der Waals surface area contributed by atoms with Crippen molar-refractivity contribution >= 4 is 5.91 Å². The first-order valence-corrected chi connectivity index (χ1v) is 10.6. The third-order valence-corrected chi connectivity index (χ3v) is 4.28. The third kappa shape index (κ3) is 29.4. The van der Waals surface area contributed by atoms with Gasteiger partial charge in [0.2, 0.25) is 5.91 Å². The number of primary amides is 1. The van der Waals surface area contributed by atoms with Crippen LogP contribution in [0.3, 0.4) is 0 Å². The lowest BCUT2D eigenvalue weighted by molar-refractivity contribution is -0.118. The zero-order valence-electron chi connectivity index (χ0n) is 16.7. The predicted octanol–water partition coefficient (Wildman–Crippen LogP) is 6.12. The monoisotopic (exact) mass is 343 g/mol. The molecule has 0 saturated carbocycles. The molecule has 3 heteroatoms. The molecule has 146 valence electrons. The van der Waals surface area contributed by atoms with Crippen molar-refractivity contribution in [3.8, 4) is 0 Å². The van der Waals surface area contributed by atoms with Gasteiger partial charge in [-0.05, 0) is 13.3 Å². The molecule has 0 bridgehead atoms. The molecule has 0 heterocycles. The number of hydrogen-bond acceptors (Lipinski definition) is 2. The second kappa shape index (κ2) is 24.7. The van der Waals surface area contributed by atoms with Crippen LogP contribution in [-0.4, -0.2) is 17.6 Å². The Morgan fingerprint density at radius 3 is 1.12 bits per heavy atom. The molecule has 3 N–H and O–H groups in total. The number of aliphatic hydroxyl groups is 1. The highest BCUT2D eigenvalue weighted by molar-refractivity contribution is 5.73. The molecule has 0 aliphatic rings. The predicted molar refractivity (Wildman–Crippen MR) is 106 cm³/mol. The van der Waals surface area contributed by atoms with Crippen LogP contribution in [0.15, 0.2) is 0 Å². The van der Waals surface area contributed by atoms with E-state index in [0.717, 1.165) is 6.42 Å². The summed E-state index contributed by atoms with van der Waals surface area (Å²) in [6.45, 7) is 4.21. The number of amides is 1. The van der Waals surface area contributed by atoms with Gasteiger partial charge in [0, 0.05) is 13.0 Å². The van der Waals surface area contributed by atoms with Crippen molar-refractivity contribution in [1.82, 2.24) is 0 Å². The Kier molecular flexibility index (Phi) is 26.4. The summed E-state index contributed by atoms with van der Waals surface area (Å²) < 4.78 is 0. The van der Waals surface area contributed by atoms with Crippen molar-refractivity contribution in [2.45, 2.75) is 123 Å². The normalized spacial score (nSPS) is 10.3. The van der Waals surface area contributed by atoms with Gasteiger partial charge in [-0.15, -0.1) is 0 Å². The highest BCUT2D eigenvalue weighted by Crippen LogP contribution is 2.13. The molecule has 0 rings (SSSR count). The summed E-state index contributed by atoms with van der Waals surface area (Å²) in [6.07, 6.45) is 22.4. The largest absolute Gasteiger partial charge is 0.397 e. The Morgan fingerprint density at radius 1 is 0.625 bits per heavy atom. The van der Waals surface area contributed by atoms with Crippen LogP contribution < -0.4 is 5.73 Å². The summed E-state index contributed by atoms with van der Waals surface area (Å²) >= 11 is 0. The summed E-state index contributed by atoms with van der Waals surface area (Å²) in [5.41, 5.74) is 5.11. The lowest BCUT2D eigenvalue weighted by Crippen LogP contribution is -2.09. The zero-order chi connectivity index (χ0) is 18.3. The van der Waals surface area contributed by atoms with E-state index >= 15 is 0 Å². The molecule has 0 saturated heterocycles. The van der Waals surface area contributed by atoms with E-state index < -0.39 is 0 Å². The van der Waals surface area contributed by atoms with E-state index in [1.54, 1.807) is 6.92 Å². The molecule has 0 aromatic heterocycles. The Bertz CT molecular complexity index is 232. The maximum absolute atomic E-state index is 10.6. The molecule has 3 nitrogen and oxygen atoms in total. The SMILES string of the molecule is CCCCCCCCCCCCCCCCCCC(N)=O.CCO. The maximum atomic E-state index is 10.6. The first-order valence-electron chi connectivity index (χ1n) is 10.6. The van der Waals surface area contributed by atoms with Crippen LogP contribution in [0, 0.1) is 0 Å². The van der Waals surface area contributed by atoms with Crippen molar-refractivity contribution < 1.29 is 9.90 Å². The van der Waals surface area contributed by atoms with Gasteiger partial charge < -0.3 is 10.8 Å². The third-order valence-electron chi connectivity index (χ3n) is 4.28. The Balaban J connectivity index is 0. The summed E-state index contributed by atoms with van der Waals surface area (Å²) in [7, 11) is 0. The molecule has 0 radical (unpaired) electrons. The van der Waals surface area contributed by atoms with Gasteiger partial charge in [-0.3, -0.25) is 4.79 Å². The topological polar surface area (TPSA) is 63.3 Å². The van der Waals surface area contributed by atoms with Gasteiger partial charge in [0.1, 0.15) is 0 Å². The Hall–Kier alpha value is -0.570. The number of rotatable bonds is 17. The minimum atomic E-state index is -0.152. The number of aliphatic hydroxyl groups excluding tert-OH is 1. The molecule has 0 aromatic rings. The number of carbonyl (C=O) groups excluding carboxylic acids is 1. The van der Waals surface area contributed by atoms with E-state index in [0.29, 0.717) is 6.42 Å². The van der Waals surface area contributed by atoms with Gasteiger partial charge in [-0.1, -0.05) is 103 Å². The minimum Gasteiger partial charge on any atom is -0.397 e. The van der Waals surface area contributed by atoms with Crippen LogP contribution in [0.1, 0.15) is 123 Å². The minimum absolute atomic E-state index is 0.152. The van der Waals surface area contributed by atoms with Gasteiger partial charge in [0.05, 0.1) is 0 Å². The van der Waals surface area contributed by atoms with Crippen LogP contribution in [-0.2, 0) is 4.79 Å². The average molecular weight is 344 g/mol. The average Bonchev–Trinajstić information content (AvgIpc) is 2.55. The first kappa shape index (κ1) is 25.7. The fourth-order valence-corrected chi connectivity index (χ4v) is 2.85. The smallest absolute Gasteiger partial charge is 0.217 e. The molecule has 0 fully saturated rings. The van der Waals surface area contributed by atoms with Gasteiger partial charge in [-0.2, -0.15) is 0 Å². The molecule has 0 aliphatic carbocycles. The molecule has 0 aromatic carbocycles. The van der Waals surface area contributed by atoms with Crippen molar-refractivity contribution in [3.05, 3.63) is 0 Å². The lowest BCUT2D eigenvalue weighted by atomic mass is 10.0. The van der Waals surface area contributed by atoms with Gasteiger partial charge in [0.15, 0.2) is 0 Å². The summed E-state index contributed by atoms with van der Waals surface area (Å²) in [6, 6.07) is 0. The standard InChI is InChI=1S/C19H39NO.C2H6O/c1-2-3-4-5-6-7-8-9-10-11-12-13-14-15-16-17-18-19(20)21;1-2-3/h2-18H2,1H3,(H2,20,21);3H,2H2,1H3. The van der Waals surface area contributed by atoms with Crippen LogP contribution in [0.2, 0.25) is 0 Å². The summed E-state index contributed by atoms with van der Waals surface area (Å²) in [4.78, 5) is 10.6. The molecule has 0 spiro atoms. The van der Waals surface area contributed by atoms with E-state index in [9.17, 15) is 4.79 Å². The quantitative estimate of drug-likeness (QED) is 0.312. The van der Waals surface area contributed by atoms with Crippen LogP contribution >= 0.6 is 0 Å². The van der Waals surface area contributed by atoms with Gasteiger partial charge in [-0.25, -0.2) is 0 Å². The molecule has 0 atom stereocenters. The lowest BCUT2D eigenvalue weighted by Gasteiger charge is -2.03. The molecule has 0 unspecified atom stereocenters. The zero-order valence-corrected chi connectivity index (χ0v) is 16.7. The number of hydrogen-bond donors (Lipinski definition) is 2. The van der Waals surface area contributed by atoms with Crippen molar-refractivity contribution in [1.29, 1.82) is 0 Å². The van der Waals surface area contributed by atoms with Crippen LogP contribution in [0.25, 0.3) is 0 Å². The Morgan fingerprint density at radius 2 is 0.875 bits per heavy atom. The second-order valence-electron chi connectivity index (χ2n) is 6.84. The van der Waals surface area contributed by atoms with Gasteiger partial charge in [0.25, 0.3) is 0 Å². The fourth-order valence-electron chi connectivity index (χ4n) is 2.85. The molecule has 0 aliphatic heterocycles. The maximum Gasteiger partial charge on any atom is 0.217 e. The highest BCUT2D eigenvalue weighted by atomic mass is 16.2. The number of nitrogens with two attached hydrogens (primary N) is 1. The molecular weight excluding hydrogens is 298 g/mol. The van der Waals surface area contributed by atoms with Crippen LogP contribution in [0.5, 0.6) is 0 Å². The van der Waals surface area contributed by atoms with Gasteiger partial charge >= 0.3 is 0 Å². The second-order valence-corrected chi connectivity index (χ2v) is 6.84. The molecular formula is C21H45NO2. The number of unbranched alkanes of at least 4 members (excludes halogenated alkanes) is 15. The van der Waals surface area contributed by atoms with Crippen LogP contribution in [0.4, 0.5) is 0 Å². The highest BCUT2D eigenvalue weighted by Gasteiger charge is 1.96. The molecule has 1 amide bonds. The summed E-state index contributed by atoms with van der Waals surface area (Å²) in [5, 5.41) is 7.57. The van der Waals surface area contributed by atoms with Crippen molar-refractivity contribution in [3.63, 3.8) is 0 Å². The number of carbonyl (C=O) groups is 1. The van der Waals surface area contributed by atoms with Crippen molar-refractivity contribution in [2.75, 3.05) is 6.61 Å². The van der Waals surface area contributed by atoms with Crippen molar-refractivity contribution in [2.24, 2.45) is 5.73 Å². The van der Waals surface area contributed by atoms with E-state index in [4.69, 9.17) is 10.8 Å². The van der Waals surface area contributed by atoms with E-state index in [2.05, 4.69) is 6.92 Å². The first-order chi connectivity index (χ1) is 11.7. The molecule has 24 heavy (non-hydrogen) atoms. The summed E-state index contributed by atoms with van der Waals surface area (Å²) in [5.74, 6) is -0.152. The van der Waals surface area contributed by atoms with E-state index in [-0.39, 0.29) is 12.5 Å². The van der Waals surface area contributed by atoms with E-state index in [1.165, 1.54) is 96.3 Å². The fraction of sp³-hybridized carbons (Fsp3) is 0.952.